The summed E-state index contributed by atoms with van der Waals surface area (Å²) < 4.78 is 4.39. The van der Waals surface area contributed by atoms with Gasteiger partial charge in [0.1, 0.15) is 5.38 Å². The number of carbonyl (C=O) groups is 1. The van der Waals surface area contributed by atoms with Gasteiger partial charge in [0, 0.05) is 0 Å². The summed E-state index contributed by atoms with van der Waals surface area (Å²) in [4.78, 5) is 11.5. The Balaban J connectivity index is 0.00000180. The first kappa shape index (κ1) is 16.3. The van der Waals surface area contributed by atoms with E-state index in [9.17, 15) is 4.79 Å². The fraction of sp³-hybridized carbons (Fsp3) is 0.385. The highest BCUT2D eigenvalue weighted by Crippen LogP contribution is 2.53. The number of ether oxygens (including phenoxy) is 1. The molecule has 1 aliphatic carbocycles. The van der Waals surface area contributed by atoms with Crippen LogP contribution in [0.5, 0.6) is 0 Å². The molecule has 0 saturated heterocycles. The van der Waals surface area contributed by atoms with Gasteiger partial charge in [0.15, 0.2) is 0 Å². The molecule has 0 heterocycles. The minimum atomic E-state index is -0.644. The van der Waals surface area contributed by atoms with Gasteiger partial charge in [0.2, 0.25) is 5.04 Å². The van der Waals surface area contributed by atoms with E-state index in [2.05, 4.69) is 0 Å². The highest BCUT2D eigenvalue weighted by atomic mass is 35.5. The summed E-state index contributed by atoms with van der Waals surface area (Å²) >= 11 is 7.63. The van der Waals surface area contributed by atoms with Crippen molar-refractivity contribution in [2.45, 2.75) is 23.0 Å². The molecule has 0 radical (unpaired) electrons. The van der Waals surface area contributed by atoms with E-state index >= 15 is 0 Å². The van der Waals surface area contributed by atoms with Crippen LogP contribution in [-0.2, 0) is 9.53 Å². The molecule has 1 fully saturated rings. The van der Waals surface area contributed by atoms with Crippen LogP contribution in [0.3, 0.4) is 0 Å². The standard InChI is InChI=1S/C13H14ClNO2S.ClH/c1-17-12(16)10(14)13(7-8-13)18-11(15)9-5-3-2-4-6-9;/h2-6,10,15H,7-8H2,1H3;1H. The maximum absolute atomic E-state index is 11.5. The molecule has 19 heavy (non-hydrogen) atoms. The zero-order valence-corrected chi connectivity index (χ0v) is 12.8. The van der Waals surface area contributed by atoms with Gasteiger partial charge in [-0.1, -0.05) is 18.2 Å². The average Bonchev–Trinajstić information content (AvgIpc) is 3.18. The molecule has 0 aromatic heterocycles. The van der Waals surface area contributed by atoms with E-state index in [-0.39, 0.29) is 23.1 Å². The predicted octanol–water partition coefficient (Wildman–Crippen LogP) is -1.76. The number of methoxy groups -OCH3 is 1. The van der Waals surface area contributed by atoms with Gasteiger partial charge in [-0.3, -0.25) is 4.79 Å². The molecule has 104 valence electrons. The summed E-state index contributed by atoms with van der Waals surface area (Å²) in [6.45, 7) is 0. The summed E-state index contributed by atoms with van der Waals surface area (Å²) in [7, 11) is 1.35. The first-order valence-corrected chi connectivity index (χ1v) is 6.93. The van der Waals surface area contributed by atoms with Crippen LogP contribution in [0.15, 0.2) is 30.3 Å². The number of carbonyl (C=O) groups excluding carboxylic acids is 1. The third kappa shape index (κ3) is 3.65. The van der Waals surface area contributed by atoms with Crippen molar-refractivity contribution < 1.29 is 27.3 Å². The van der Waals surface area contributed by atoms with E-state index in [0.717, 1.165) is 18.4 Å². The number of nitrogens with two attached hydrogens (primary N) is 1. The molecule has 1 aromatic carbocycles. The number of thioether (sulfide) groups is 1. The molecule has 1 aromatic rings. The van der Waals surface area contributed by atoms with Crippen molar-refractivity contribution in [2.75, 3.05) is 7.11 Å². The Bertz CT molecular complexity index is 463. The Morgan fingerprint density at radius 1 is 1.42 bits per heavy atom. The van der Waals surface area contributed by atoms with Crippen molar-refractivity contribution >= 4 is 34.4 Å². The van der Waals surface area contributed by atoms with Crippen molar-refractivity contribution in [1.82, 2.24) is 0 Å². The number of hydrogen-bond donors (Lipinski definition) is 1. The number of esters is 1. The Kier molecular flexibility index (Phi) is 5.71. The van der Waals surface area contributed by atoms with E-state index < -0.39 is 5.38 Å². The summed E-state index contributed by atoms with van der Waals surface area (Å²) in [5, 5.41) is 6.12. The first-order chi connectivity index (χ1) is 8.59. The van der Waals surface area contributed by atoms with Gasteiger partial charge in [-0.05, 0) is 36.7 Å². The summed E-state index contributed by atoms with van der Waals surface area (Å²) in [5.74, 6) is -0.387. The maximum atomic E-state index is 11.5. The molecule has 2 rings (SSSR count). The molecule has 2 N–H and O–H groups in total. The summed E-state index contributed by atoms with van der Waals surface area (Å²) in [6, 6.07) is 9.69. The lowest BCUT2D eigenvalue weighted by Crippen LogP contribution is -3.00. The van der Waals surface area contributed by atoms with E-state index in [1.165, 1.54) is 18.9 Å². The largest absolute Gasteiger partial charge is 1.00 e. The molecule has 0 aliphatic heterocycles. The highest BCUT2D eigenvalue weighted by Gasteiger charge is 2.55. The minimum Gasteiger partial charge on any atom is -1.00 e. The Morgan fingerprint density at radius 2 is 2.00 bits per heavy atom. The second-order valence-corrected chi connectivity index (χ2v) is 6.18. The SMILES string of the molecule is COC(=O)C(Cl)C1(SC(=[NH2+])c2ccccc2)CC1.[Cl-]. The van der Waals surface area contributed by atoms with E-state index in [1.807, 2.05) is 30.3 Å². The molecule has 1 saturated carbocycles. The zero-order valence-electron chi connectivity index (χ0n) is 10.4. The Labute approximate surface area is 128 Å². The fourth-order valence-corrected chi connectivity index (χ4v) is 3.37. The normalized spacial score (nSPS) is 16.9. The highest BCUT2D eigenvalue weighted by molar-refractivity contribution is 8.15. The van der Waals surface area contributed by atoms with Crippen LogP contribution in [0.25, 0.3) is 0 Å². The lowest BCUT2D eigenvalue weighted by molar-refractivity contribution is -0.140. The van der Waals surface area contributed by atoms with Crippen molar-refractivity contribution in [1.29, 1.82) is 0 Å². The molecule has 1 atom stereocenters. The van der Waals surface area contributed by atoms with Crippen molar-refractivity contribution in [3.63, 3.8) is 0 Å². The van der Waals surface area contributed by atoms with Crippen LogP contribution in [0.4, 0.5) is 0 Å². The third-order valence-corrected chi connectivity index (χ3v) is 5.22. The van der Waals surface area contributed by atoms with E-state index in [4.69, 9.17) is 21.7 Å². The topological polar surface area (TPSA) is 51.9 Å². The molecular weight excluding hydrogens is 305 g/mol. The van der Waals surface area contributed by atoms with E-state index in [0.29, 0.717) is 5.04 Å². The predicted molar refractivity (Wildman–Crippen MR) is 73.7 cm³/mol. The molecule has 3 nitrogen and oxygen atoms in total. The monoisotopic (exact) mass is 319 g/mol. The van der Waals surface area contributed by atoms with Gasteiger partial charge < -0.3 is 17.1 Å². The number of rotatable bonds is 4. The molecule has 6 heteroatoms. The lowest BCUT2D eigenvalue weighted by Gasteiger charge is -2.17. The fourth-order valence-electron chi connectivity index (χ4n) is 1.73. The zero-order chi connectivity index (χ0) is 13.2. The maximum Gasteiger partial charge on any atom is 0.325 e. The van der Waals surface area contributed by atoms with Crippen LogP contribution >= 0.6 is 23.4 Å². The second kappa shape index (κ2) is 6.64. The lowest BCUT2D eigenvalue weighted by atomic mass is 10.2. The summed E-state index contributed by atoms with van der Waals surface area (Å²) in [5.41, 5.74) is 0.961. The molecule has 1 unspecified atom stereocenters. The first-order valence-electron chi connectivity index (χ1n) is 5.68. The molecule has 0 bridgehead atoms. The van der Waals surface area contributed by atoms with Crippen LogP contribution in [0, 0.1) is 0 Å². The number of halogens is 2. The van der Waals surface area contributed by atoms with Gasteiger partial charge in [-0.2, -0.15) is 0 Å². The number of benzene rings is 1. The van der Waals surface area contributed by atoms with Crippen LogP contribution in [0.2, 0.25) is 0 Å². The smallest absolute Gasteiger partial charge is 0.325 e. The van der Waals surface area contributed by atoms with Crippen molar-refractivity contribution in [3.05, 3.63) is 35.9 Å². The van der Waals surface area contributed by atoms with Crippen LogP contribution < -0.4 is 17.8 Å². The van der Waals surface area contributed by atoms with Gasteiger partial charge in [0.25, 0.3) is 0 Å². The second-order valence-electron chi connectivity index (χ2n) is 4.28. The van der Waals surface area contributed by atoms with Gasteiger partial charge in [-0.25, -0.2) is 5.41 Å². The van der Waals surface area contributed by atoms with Gasteiger partial charge >= 0.3 is 5.97 Å². The average molecular weight is 320 g/mol. The van der Waals surface area contributed by atoms with Crippen LogP contribution in [-0.4, -0.2) is 28.2 Å². The number of hydrogen-bond acceptors (Lipinski definition) is 3. The molecule has 1 aliphatic rings. The molecule has 0 spiro atoms. The van der Waals surface area contributed by atoms with E-state index in [1.54, 1.807) is 0 Å². The number of alkyl halides is 1. The summed E-state index contributed by atoms with van der Waals surface area (Å²) in [6.07, 6.45) is 1.77. The van der Waals surface area contributed by atoms with Crippen LogP contribution in [0.1, 0.15) is 18.4 Å². The molecular formula is C13H15Cl2NO2S. The third-order valence-electron chi connectivity index (χ3n) is 2.98. The quantitative estimate of drug-likeness (QED) is 0.310. The van der Waals surface area contributed by atoms with Crippen molar-refractivity contribution in [2.24, 2.45) is 0 Å². The van der Waals surface area contributed by atoms with Gasteiger partial charge in [0.05, 0.1) is 17.4 Å². The van der Waals surface area contributed by atoms with Crippen molar-refractivity contribution in [3.8, 4) is 0 Å². The molecule has 0 amide bonds. The van der Waals surface area contributed by atoms with Gasteiger partial charge in [-0.15, -0.1) is 11.6 Å². The minimum absolute atomic E-state index is 0. The Hall–Kier alpha value is -0.710. The Morgan fingerprint density at radius 3 is 2.47 bits per heavy atom.